The van der Waals surface area contributed by atoms with Crippen LogP contribution in [0.25, 0.3) is 0 Å². The highest BCUT2D eigenvalue weighted by Gasteiger charge is 2.36. The summed E-state index contributed by atoms with van der Waals surface area (Å²) in [5.41, 5.74) is -0.230. The number of hydrogen-bond donors (Lipinski definition) is 1. The van der Waals surface area contributed by atoms with Gasteiger partial charge in [0.1, 0.15) is 5.02 Å². The van der Waals surface area contributed by atoms with Gasteiger partial charge in [0.25, 0.3) is 9.58 Å². The predicted molar refractivity (Wildman–Crippen MR) is 57.1 cm³/mol. The largest absolute Gasteiger partial charge is 0.358 e. The van der Waals surface area contributed by atoms with E-state index in [0.29, 0.717) is 0 Å². The van der Waals surface area contributed by atoms with E-state index in [0.717, 1.165) is 6.07 Å². The molecule has 1 N–H and O–H groups in total. The van der Waals surface area contributed by atoms with Crippen LogP contribution in [0.5, 0.6) is 0 Å². The van der Waals surface area contributed by atoms with Gasteiger partial charge in [-0.25, -0.2) is 4.98 Å². The Labute approximate surface area is 103 Å². The standard InChI is InChI=1S/C6H2Cl4N2O3/c7-2-1-3(4(13)6(8,9)10)11-5(2)12(14)15/h1,11H. The minimum atomic E-state index is -2.18. The normalized spacial score (nSPS) is 11.5. The first-order chi connectivity index (χ1) is 6.73. The number of nitrogens with zero attached hydrogens (tertiary/aromatic N) is 1. The van der Waals surface area contributed by atoms with E-state index in [1.54, 1.807) is 0 Å². The Morgan fingerprint density at radius 3 is 2.33 bits per heavy atom. The van der Waals surface area contributed by atoms with Gasteiger partial charge >= 0.3 is 5.82 Å². The van der Waals surface area contributed by atoms with Crippen LogP contribution in [0.4, 0.5) is 5.82 Å². The SMILES string of the molecule is O=C(c1cc(Cl)c([N+](=O)[O-])[nH]1)C(Cl)(Cl)Cl. The number of carbonyl (C=O) groups is 1. The van der Waals surface area contributed by atoms with Crippen LogP contribution in [0.2, 0.25) is 5.02 Å². The Hall–Kier alpha value is -0.490. The Morgan fingerprint density at radius 2 is 2.00 bits per heavy atom. The van der Waals surface area contributed by atoms with Gasteiger partial charge in [-0.05, 0) is 4.92 Å². The summed E-state index contributed by atoms with van der Waals surface area (Å²) in [6.45, 7) is 0. The van der Waals surface area contributed by atoms with Crippen molar-refractivity contribution in [1.29, 1.82) is 0 Å². The number of Topliss-reactive ketones (excluding diaryl/α,β-unsaturated/α-hetero) is 1. The van der Waals surface area contributed by atoms with Crippen LogP contribution >= 0.6 is 46.4 Å². The lowest BCUT2D eigenvalue weighted by Gasteiger charge is -2.04. The van der Waals surface area contributed by atoms with Crippen molar-refractivity contribution in [3.8, 4) is 0 Å². The maximum absolute atomic E-state index is 11.3. The van der Waals surface area contributed by atoms with Crippen LogP contribution in [-0.4, -0.2) is 19.5 Å². The maximum Gasteiger partial charge on any atom is 0.340 e. The molecule has 0 radical (unpaired) electrons. The Bertz CT molecular complexity index is 423. The first-order valence-electron chi connectivity index (χ1n) is 3.38. The van der Waals surface area contributed by atoms with E-state index < -0.39 is 20.3 Å². The van der Waals surface area contributed by atoms with E-state index in [1.807, 2.05) is 0 Å². The molecular weight excluding hydrogens is 290 g/mol. The second kappa shape index (κ2) is 4.17. The molecule has 0 saturated heterocycles. The maximum atomic E-state index is 11.3. The fourth-order valence-electron chi connectivity index (χ4n) is 0.826. The van der Waals surface area contributed by atoms with Gasteiger partial charge in [-0.3, -0.25) is 4.79 Å². The highest BCUT2D eigenvalue weighted by atomic mass is 35.6. The van der Waals surface area contributed by atoms with E-state index in [4.69, 9.17) is 46.4 Å². The fraction of sp³-hybridized carbons (Fsp3) is 0.167. The van der Waals surface area contributed by atoms with Gasteiger partial charge in [0.05, 0.1) is 0 Å². The number of carbonyl (C=O) groups excluding carboxylic acids is 1. The summed E-state index contributed by atoms with van der Waals surface area (Å²) < 4.78 is -2.18. The van der Waals surface area contributed by atoms with Crippen LogP contribution in [0.3, 0.4) is 0 Å². The smallest absolute Gasteiger partial charge is 0.340 e. The molecule has 1 heterocycles. The summed E-state index contributed by atoms with van der Waals surface area (Å²) in [6, 6.07) is 1.03. The predicted octanol–water partition coefficient (Wildman–Crippen LogP) is 3.13. The average Bonchev–Trinajstić information content (AvgIpc) is 2.44. The first-order valence-corrected chi connectivity index (χ1v) is 4.89. The lowest BCUT2D eigenvalue weighted by atomic mass is 10.3. The van der Waals surface area contributed by atoms with Gasteiger partial charge in [0, 0.05) is 6.07 Å². The van der Waals surface area contributed by atoms with Crippen molar-refractivity contribution in [2.45, 2.75) is 3.79 Å². The van der Waals surface area contributed by atoms with Crippen LogP contribution in [0.15, 0.2) is 6.07 Å². The number of nitro groups is 1. The number of H-pyrrole nitrogens is 1. The molecule has 0 aromatic carbocycles. The van der Waals surface area contributed by atoms with Crippen molar-refractivity contribution in [1.82, 2.24) is 4.98 Å². The third-order valence-corrected chi connectivity index (χ3v) is 2.24. The molecule has 0 saturated carbocycles. The molecule has 9 heteroatoms. The molecule has 5 nitrogen and oxygen atoms in total. The van der Waals surface area contributed by atoms with Crippen LogP contribution < -0.4 is 0 Å². The molecule has 15 heavy (non-hydrogen) atoms. The first kappa shape index (κ1) is 12.6. The fourth-order valence-corrected chi connectivity index (χ4v) is 1.36. The molecule has 1 aromatic heterocycles. The van der Waals surface area contributed by atoms with Gasteiger partial charge in [-0.1, -0.05) is 46.4 Å². The van der Waals surface area contributed by atoms with E-state index in [9.17, 15) is 14.9 Å². The lowest BCUT2D eigenvalue weighted by molar-refractivity contribution is -0.389. The highest BCUT2D eigenvalue weighted by Crippen LogP contribution is 2.33. The molecule has 82 valence electrons. The summed E-state index contributed by atoms with van der Waals surface area (Å²) >= 11 is 21.4. The molecular formula is C6H2Cl4N2O3. The van der Waals surface area contributed by atoms with Crippen molar-refractivity contribution in [3.05, 3.63) is 26.9 Å². The number of hydrogen-bond acceptors (Lipinski definition) is 3. The average molecular weight is 292 g/mol. The third kappa shape index (κ3) is 2.75. The van der Waals surface area contributed by atoms with E-state index in [2.05, 4.69) is 4.98 Å². The molecule has 0 bridgehead atoms. The van der Waals surface area contributed by atoms with Gasteiger partial charge < -0.3 is 10.1 Å². The molecule has 0 spiro atoms. The summed E-state index contributed by atoms with van der Waals surface area (Å²) in [4.78, 5) is 23.1. The topological polar surface area (TPSA) is 76.0 Å². The third-order valence-electron chi connectivity index (χ3n) is 1.44. The highest BCUT2D eigenvalue weighted by molar-refractivity contribution is 6.77. The van der Waals surface area contributed by atoms with Crippen molar-refractivity contribution < 1.29 is 9.72 Å². The molecule has 0 atom stereocenters. The second-order valence-electron chi connectivity index (χ2n) is 2.46. The van der Waals surface area contributed by atoms with Crippen LogP contribution in [0, 0.1) is 10.1 Å². The monoisotopic (exact) mass is 290 g/mol. The number of nitrogens with one attached hydrogen (secondary N) is 1. The number of ketones is 1. The van der Waals surface area contributed by atoms with E-state index in [1.165, 1.54) is 0 Å². The van der Waals surface area contributed by atoms with Crippen LogP contribution in [0.1, 0.15) is 10.5 Å². The Morgan fingerprint density at radius 1 is 1.47 bits per heavy atom. The number of halogens is 4. The number of rotatable bonds is 2. The summed E-state index contributed by atoms with van der Waals surface area (Å²) in [5.74, 6) is -1.43. The Balaban J connectivity index is 3.14. The van der Waals surface area contributed by atoms with E-state index >= 15 is 0 Å². The Kier molecular flexibility index (Phi) is 3.50. The van der Waals surface area contributed by atoms with Gasteiger partial charge in [-0.15, -0.1) is 0 Å². The zero-order chi connectivity index (χ0) is 11.8. The molecule has 0 aliphatic heterocycles. The van der Waals surface area contributed by atoms with Crippen molar-refractivity contribution >= 4 is 58.0 Å². The summed E-state index contributed by atoms with van der Waals surface area (Å²) in [7, 11) is 0. The molecule has 0 aliphatic carbocycles. The molecule has 1 rings (SSSR count). The number of aromatic amines is 1. The summed E-state index contributed by atoms with van der Waals surface area (Å²) in [6.07, 6.45) is 0. The number of alkyl halides is 3. The minimum absolute atomic E-state index is 0.224. The quantitative estimate of drug-likeness (QED) is 0.394. The molecule has 1 aromatic rings. The van der Waals surface area contributed by atoms with Crippen LogP contribution in [-0.2, 0) is 0 Å². The lowest BCUT2D eigenvalue weighted by Crippen LogP contribution is -2.19. The van der Waals surface area contributed by atoms with E-state index in [-0.39, 0.29) is 10.7 Å². The van der Waals surface area contributed by atoms with Gasteiger partial charge in [0.15, 0.2) is 5.69 Å². The summed E-state index contributed by atoms with van der Waals surface area (Å²) in [5, 5.41) is 10.2. The van der Waals surface area contributed by atoms with Gasteiger partial charge in [0.2, 0.25) is 0 Å². The second-order valence-corrected chi connectivity index (χ2v) is 5.15. The minimum Gasteiger partial charge on any atom is -0.358 e. The van der Waals surface area contributed by atoms with Crippen molar-refractivity contribution in [2.24, 2.45) is 0 Å². The zero-order valence-corrected chi connectivity index (χ0v) is 9.78. The van der Waals surface area contributed by atoms with Gasteiger partial charge in [-0.2, -0.15) is 0 Å². The van der Waals surface area contributed by atoms with Crippen molar-refractivity contribution in [3.63, 3.8) is 0 Å². The molecule has 0 amide bonds. The molecule has 0 fully saturated rings. The zero-order valence-electron chi connectivity index (χ0n) is 6.76. The molecule has 0 unspecified atom stereocenters. The number of aromatic nitrogens is 1. The molecule has 0 aliphatic rings. The van der Waals surface area contributed by atoms with Crippen molar-refractivity contribution in [2.75, 3.05) is 0 Å².